The minimum absolute atomic E-state index is 0.171. The maximum Gasteiger partial charge on any atom is 0.0591 e. The third-order valence-corrected chi connectivity index (χ3v) is 2.08. The van der Waals surface area contributed by atoms with Crippen LogP contribution < -0.4 is 11.1 Å². The quantitative estimate of drug-likeness (QED) is 0.638. The Balaban J connectivity index is 3.65. The first kappa shape index (κ1) is 14.9. The van der Waals surface area contributed by atoms with Gasteiger partial charge in [0.25, 0.3) is 0 Å². The van der Waals surface area contributed by atoms with Crippen LogP contribution in [0.15, 0.2) is 0 Å². The van der Waals surface area contributed by atoms with Crippen LogP contribution in [0.3, 0.4) is 0 Å². The van der Waals surface area contributed by atoms with Crippen molar-refractivity contribution < 1.29 is 4.74 Å². The Bertz CT molecular complexity index is 161. The largest absolute Gasteiger partial charge is 0.379 e. The summed E-state index contributed by atoms with van der Waals surface area (Å²) in [6, 6.07) is 0. The summed E-state index contributed by atoms with van der Waals surface area (Å²) in [5, 5.41) is 3.51. The van der Waals surface area contributed by atoms with Gasteiger partial charge in [0.2, 0.25) is 0 Å². The fraction of sp³-hybridized carbons (Fsp3) is 1.00. The molecule has 3 N–H and O–H groups in total. The van der Waals surface area contributed by atoms with Crippen LogP contribution in [0.5, 0.6) is 0 Å². The average molecular weight is 216 g/mol. The van der Waals surface area contributed by atoms with Crippen LogP contribution >= 0.6 is 0 Å². The Morgan fingerprint density at radius 3 is 2.13 bits per heavy atom. The van der Waals surface area contributed by atoms with Gasteiger partial charge in [0.15, 0.2) is 0 Å². The molecule has 0 saturated heterocycles. The number of hydrogen-bond donors (Lipinski definition) is 2. The van der Waals surface area contributed by atoms with Crippen molar-refractivity contribution in [2.24, 2.45) is 11.1 Å². The van der Waals surface area contributed by atoms with Crippen molar-refractivity contribution in [3.8, 4) is 0 Å². The zero-order valence-electron chi connectivity index (χ0n) is 11.0. The summed E-state index contributed by atoms with van der Waals surface area (Å²) in [4.78, 5) is 0. The summed E-state index contributed by atoms with van der Waals surface area (Å²) in [5.41, 5.74) is 5.86. The summed E-state index contributed by atoms with van der Waals surface area (Å²) in [6.07, 6.45) is 1.15. The van der Waals surface area contributed by atoms with Crippen molar-refractivity contribution in [3.05, 3.63) is 0 Å². The minimum Gasteiger partial charge on any atom is -0.379 e. The molecule has 0 amide bonds. The van der Waals surface area contributed by atoms with Crippen molar-refractivity contribution in [3.63, 3.8) is 0 Å². The molecule has 15 heavy (non-hydrogen) atoms. The second-order valence-electron chi connectivity index (χ2n) is 5.95. The molecule has 0 spiro atoms. The summed E-state index contributed by atoms with van der Waals surface area (Å²) in [6.45, 7) is 14.2. The molecule has 0 unspecified atom stereocenters. The van der Waals surface area contributed by atoms with E-state index in [-0.39, 0.29) is 5.54 Å². The molecule has 0 bridgehead atoms. The third kappa shape index (κ3) is 10.2. The molecule has 0 aliphatic heterocycles. The molecule has 0 aromatic carbocycles. The van der Waals surface area contributed by atoms with Gasteiger partial charge in [0.1, 0.15) is 0 Å². The average Bonchev–Trinajstić information content (AvgIpc) is 1.99. The Labute approximate surface area is 94.8 Å². The molecule has 0 saturated carbocycles. The van der Waals surface area contributed by atoms with Crippen molar-refractivity contribution in [2.45, 2.75) is 46.6 Å². The number of ether oxygens (including phenoxy) is 1. The molecule has 0 atom stereocenters. The number of rotatable bonds is 7. The van der Waals surface area contributed by atoms with E-state index >= 15 is 0 Å². The maximum absolute atomic E-state index is 5.33. The van der Waals surface area contributed by atoms with E-state index in [1.807, 2.05) is 0 Å². The molecule has 0 aliphatic rings. The van der Waals surface area contributed by atoms with Crippen LogP contribution in [0.1, 0.15) is 41.0 Å². The van der Waals surface area contributed by atoms with Gasteiger partial charge in [-0.3, -0.25) is 0 Å². The van der Waals surface area contributed by atoms with E-state index < -0.39 is 0 Å². The highest BCUT2D eigenvalue weighted by molar-refractivity contribution is 4.82. The van der Waals surface area contributed by atoms with Gasteiger partial charge in [-0.25, -0.2) is 0 Å². The minimum atomic E-state index is 0.171. The highest BCUT2D eigenvalue weighted by Gasteiger charge is 2.24. The Morgan fingerprint density at radius 1 is 1.07 bits per heavy atom. The lowest BCUT2D eigenvalue weighted by atomic mass is 9.82. The summed E-state index contributed by atoms with van der Waals surface area (Å²) in [5.74, 6) is 0. The topological polar surface area (TPSA) is 47.3 Å². The van der Waals surface area contributed by atoms with Gasteiger partial charge >= 0.3 is 0 Å². The molecule has 92 valence electrons. The fourth-order valence-corrected chi connectivity index (χ4v) is 2.04. The van der Waals surface area contributed by atoms with Crippen molar-refractivity contribution in [1.29, 1.82) is 0 Å². The molecule has 0 aromatic heterocycles. The van der Waals surface area contributed by atoms with Crippen LogP contribution in [-0.2, 0) is 4.74 Å². The van der Waals surface area contributed by atoms with E-state index in [1.165, 1.54) is 0 Å². The van der Waals surface area contributed by atoms with E-state index in [1.54, 1.807) is 0 Å². The van der Waals surface area contributed by atoms with Crippen LogP contribution in [-0.4, -0.2) is 31.8 Å². The monoisotopic (exact) mass is 216 g/mol. The molecule has 3 heteroatoms. The van der Waals surface area contributed by atoms with E-state index in [0.717, 1.165) is 19.6 Å². The normalized spacial score (nSPS) is 13.2. The molecule has 0 aliphatic carbocycles. The Hall–Kier alpha value is -0.120. The summed E-state index contributed by atoms with van der Waals surface area (Å²) in [7, 11) is 0. The lowest BCUT2D eigenvalue weighted by Gasteiger charge is -2.33. The highest BCUT2D eigenvalue weighted by Crippen LogP contribution is 2.26. The third-order valence-electron chi connectivity index (χ3n) is 2.08. The van der Waals surface area contributed by atoms with Crippen LogP contribution in [0.4, 0.5) is 0 Å². The standard InChI is InChI=1S/C12H28N2O/c1-11(2,3)10-12(4,5)14-7-9-15-8-6-13/h14H,6-10,13H2,1-5H3. The summed E-state index contributed by atoms with van der Waals surface area (Å²) >= 11 is 0. The molecular weight excluding hydrogens is 188 g/mol. The first-order valence-electron chi connectivity index (χ1n) is 5.80. The SMILES string of the molecule is CC(C)(C)CC(C)(C)NCCOCCN. The van der Waals surface area contributed by atoms with Crippen LogP contribution in [0.25, 0.3) is 0 Å². The lowest BCUT2D eigenvalue weighted by molar-refractivity contribution is 0.131. The zero-order chi connectivity index (χ0) is 11.9. The molecule has 0 fully saturated rings. The predicted octanol–water partition coefficient (Wildman–Crippen LogP) is 1.77. The van der Waals surface area contributed by atoms with Gasteiger partial charge in [-0.15, -0.1) is 0 Å². The predicted molar refractivity (Wildman–Crippen MR) is 66.0 cm³/mol. The molecule has 0 radical (unpaired) electrons. The molecule has 0 heterocycles. The van der Waals surface area contributed by atoms with Gasteiger partial charge in [0, 0.05) is 18.6 Å². The molecule has 0 rings (SSSR count). The number of nitrogens with two attached hydrogens (primary N) is 1. The van der Waals surface area contributed by atoms with Gasteiger partial charge in [0.05, 0.1) is 13.2 Å². The van der Waals surface area contributed by atoms with Gasteiger partial charge in [-0.2, -0.15) is 0 Å². The highest BCUT2D eigenvalue weighted by atomic mass is 16.5. The lowest BCUT2D eigenvalue weighted by Crippen LogP contribution is -2.43. The molecular formula is C12H28N2O. The Kier molecular flexibility index (Phi) is 6.41. The van der Waals surface area contributed by atoms with E-state index in [9.17, 15) is 0 Å². The van der Waals surface area contributed by atoms with E-state index in [0.29, 0.717) is 18.6 Å². The van der Waals surface area contributed by atoms with Gasteiger partial charge in [-0.05, 0) is 25.7 Å². The van der Waals surface area contributed by atoms with Crippen molar-refractivity contribution >= 4 is 0 Å². The van der Waals surface area contributed by atoms with Crippen LogP contribution in [0, 0.1) is 5.41 Å². The first-order valence-corrected chi connectivity index (χ1v) is 5.80. The van der Waals surface area contributed by atoms with Crippen LogP contribution in [0.2, 0.25) is 0 Å². The number of hydrogen-bond acceptors (Lipinski definition) is 3. The first-order chi connectivity index (χ1) is 6.77. The van der Waals surface area contributed by atoms with E-state index in [2.05, 4.69) is 39.9 Å². The van der Waals surface area contributed by atoms with Crippen molar-refractivity contribution in [1.82, 2.24) is 5.32 Å². The van der Waals surface area contributed by atoms with Gasteiger partial charge < -0.3 is 15.8 Å². The molecule has 0 aromatic rings. The summed E-state index contributed by atoms with van der Waals surface area (Å²) < 4.78 is 5.32. The number of nitrogens with one attached hydrogen (secondary N) is 1. The Morgan fingerprint density at radius 2 is 1.67 bits per heavy atom. The maximum atomic E-state index is 5.33. The zero-order valence-corrected chi connectivity index (χ0v) is 11.0. The van der Waals surface area contributed by atoms with Crippen molar-refractivity contribution in [2.75, 3.05) is 26.3 Å². The van der Waals surface area contributed by atoms with Gasteiger partial charge in [-0.1, -0.05) is 20.8 Å². The second-order valence-corrected chi connectivity index (χ2v) is 5.95. The molecule has 3 nitrogen and oxygen atoms in total. The smallest absolute Gasteiger partial charge is 0.0591 e. The van der Waals surface area contributed by atoms with E-state index in [4.69, 9.17) is 10.5 Å². The fourth-order valence-electron chi connectivity index (χ4n) is 2.04. The second kappa shape index (κ2) is 6.46.